The van der Waals surface area contributed by atoms with Crippen LogP contribution in [-0.2, 0) is 23.7 Å². The second kappa shape index (κ2) is 6.40. The van der Waals surface area contributed by atoms with Gasteiger partial charge >= 0.3 is 5.97 Å². The van der Waals surface area contributed by atoms with Gasteiger partial charge in [0.1, 0.15) is 23.5 Å². The zero-order valence-electron chi connectivity index (χ0n) is 12.1. The van der Waals surface area contributed by atoms with Crippen LogP contribution in [0.3, 0.4) is 0 Å². The fourth-order valence-corrected chi connectivity index (χ4v) is 3.61. The lowest BCUT2D eigenvalue weighted by Gasteiger charge is -2.40. The Morgan fingerprint density at radius 1 is 1.35 bits per heavy atom. The van der Waals surface area contributed by atoms with Crippen molar-refractivity contribution in [1.82, 2.24) is 0 Å². The number of hydrogen-bond donors (Lipinski definition) is 0. The third kappa shape index (κ3) is 3.42. The molecule has 2 aliphatic heterocycles. The molecule has 5 atom stereocenters. The second-order valence-corrected chi connectivity index (χ2v) is 6.96. The van der Waals surface area contributed by atoms with Crippen molar-refractivity contribution < 1.29 is 23.7 Å². The second-order valence-electron chi connectivity index (χ2n) is 5.32. The molecule has 7 heteroatoms. The van der Waals surface area contributed by atoms with Gasteiger partial charge in [0.25, 0.3) is 0 Å². The topological polar surface area (TPSA) is 54.0 Å². The quantitative estimate of drug-likeness (QED) is 0.583. The number of carbonyl (C=O) groups excluding carboxylic acids is 1. The molecule has 0 radical (unpaired) electrons. The summed E-state index contributed by atoms with van der Waals surface area (Å²) in [5.74, 6) is -0.448. The van der Waals surface area contributed by atoms with E-state index in [2.05, 4.69) is 6.92 Å². The van der Waals surface area contributed by atoms with Crippen LogP contribution in [0.2, 0.25) is 0 Å². The summed E-state index contributed by atoms with van der Waals surface area (Å²) in [4.78, 5) is 11.5. The van der Waals surface area contributed by atoms with Crippen molar-refractivity contribution in [2.24, 2.45) is 0 Å². The summed E-state index contributed by atoms with van der Waals surface area (Å²) in [6, 6.07) is 0. The third-order valence-corrected chi connectivity index (χ3v) is 4.53. The first-order chi connectivity index (χ1) is 9.38. The first-order valence-corrected chi connectivity index (χ1v) is 8.34. The van der Waals surface area contributed by atoms with Crippen LogP contribution in [0, 0.1) is 0 Å². The van der Waals surface area contributed by atoms with Crippen LogP contribution < -0.4 is 0 Å². The fourth-order valence-electron chi connectivity index (χ4n) is 2.56. The van der Waals surface area contributed by atoms with Crippen molar-refractivity contribution in [2.45, 2.75) is 63.3 Å². The van der Waals surface area contributed by atoms with Crippen molar-refractivity contribution >= 4 is 29.3 Å². The highest BCUT2D eigenvalue weighted by atomic mass is 35.5. The van der Waals surface area contributed by atoms with Crippen LogP contribution >= 0.6 is 23.4 Å². The number of esters is 1. The Morgan fingerprint density at radius 2 is 2.00 bits per heavy atom. The SMILES string of the molecule is CCS[C@@H]1O[C@@H](C)[C@H](OC(=O)CCl)[C@H]2OC(C)(C)O[C@H]21. The number of carbonyl (C=O) groups is 1. The van der Waals surface area contributed by atoms with E-state index in [1.807, 2.05) is 20.8 Å². The number of hydrogen-bond acceptors (Lipinski definition) is 6. The van der Waals surface area contributed by atoms with E-state index in [1.165, 1.54) is 0 Å². The molecule has 0 aliphatic carbocycles. The van der Waals surface area contributed by atoms with E-state index >= 15 is 0 Å². The van der Waals surface area contributed by atoms with Crippen molar-refractivity contribution in [3.8, 4) is 0 Å². The van der Waals surface area contributed by atoms with E-state index in [9.17, 15) is 4.79 Å². The molecule has 2 saturated heterocycles. The highest BCUT2D eigenvalue weighted by Crippen LogP contribution is 2.41. The van der Waals surface area contributed by atoms with Gasteiger partial charge in [-0.05, 0) is 26.5 Å². The minimum atomic E-state index is -0.707. The van der Waals surface area contributed by atoms with Crippen LogP contribution in [-0.4, -0.2) is 53.2 Å². The van der Waals surface area contributed by atoms with Gasteiger partial charge in [0.15, 0.2) is 11.9 Å². The molecule has 0 bridgehead atoms. The monoisotopic (exact) mass is 324 g/mol. The average molecular weight is 325 g/mol. The van der Waals surface area contributed by atoms with Gasteiger partial charge in [-0.2, -0.15) is 0 Å². The molecule has 0 aromatic heterocycles. The average Bonchev–Trinajstić information content (AvgIpc) is 2.70. The lowest BCUT2D eigenvalue weighted by atomic mass is 10.0. The number of rotatable bonds is 4. The molecule has 0 amide bonds. The summed E-state index contributed by atoms with van der Waals surface area (Å²) in [6.07, 6.45) is -1.34. The lowest BCUT2D eigenvalue weighted by molar-refractivity contribution is -0.189. The molecule has 0 unspecified atom stereocenters. The maximum Gasteiger partial charge on any atom is 0.321 e. The van der Waals surface area contributed by atoms with E-state index in [1.54, 1.807) is 11.8 Å². The van der Waals surface area contributed by atoms with Gasteiger partial charge in [0.2, 0.25) is 0 Å². The van der Waals surface area contributed by atoms with Gasteiger partial charge in [0.05, 0.1) is 6.10 Å². The molecule has 0 saturated carbocycles. The standard InChI is InChI=1S/C13H21ClO5S/c1-5-20-12-11-10(18-13(3,4)19-11)9(7(2)16-12)17-8(15)6-14/h7,9-12H,5-6H2,1-4H3/t7-,9-,10+,11+,12-/m0/s1. The van der Waals surface area contributed by atoms with Gasteiger partial charge in [-0.1, -0.05) is 6.92 Å². The zero-order chi connectivity index (χ0) is 14.9. The van der Waals surface area contributed by atoms with E-state index in [0.717, 1.165) is 5.75 Å². The molecule has 2 aliphatic rings. The Bertz CT molecular complexity index is 365. The number of alkyl halides is 1. The Balaban J connectivity index is 2.17. The number of halogens is 1. The zero-order valence-corrected chi connectivity index (χ0v) is 13.7. The van der Waals surface area contributed by atoms with Crippen molar-refractivity contribution in [2.75, 3.05) is 11.6 Å². The molecule has 2 rings (SSSR count). The molecular weight excluding hydrogens is 304 g/mol. The molecule has 2 heterocycles. The summed E-state index contributed by atoms with van der Waals surface area (Å²) in [7, 11) is 0. The highest BCUT2D eigenvalue weighted by molar-refractivity contribution is 7.99. The maximum atomic E-state index is 11.5. The van der Waals surface area contributed by atoms with Gasteiger partial charge < -0.3 is 18.9 Å². The third-order valence-electron chi connectivity index (χ3n) is 3.27. The Morgan fingerprint density at radius 3 is 2.60 bits per heavy atom. The van der Waals surface area contributed by atoms with Crippen LogP contribution in [0.4, 0.5) is 0 Å². The minimum absolute atomic E-state index is 0.118. The predicted octanol–water partition coefficient (Wildman–Crippen LogP) is 2.16. The molecule has 0 aromatic carbocycles. The predicted molar refractivity (Wildman–Crippen MR) is 76.9 cm³/mol. The van der Waals surface area contributed by atoms with Gasteiger partial charge in [-0.15, -0.1) is 23.4 Å². The summed E-state index contributed by atoms with van der Waals surface area (Å²) in [6.45, 7) is 7.64. The maximum absolute atomic E-state index is 11.5. The van der Waals surface area contributed by atoms with Gasteiger partial charge in [-0.25, -0.2) is 0 Å². The van der Waals surface area contributed by atoms with Crippen LogP contribution in [0.15, 0.2) is 0 Å². The number of thioether (sulfide) groups is 1. The summed E-state index contributed by atoms with van der Waals surface area (Å²) < 4.78 is 23.1. The van der Waals surface area contributed by atoms with E-state index < -0.39 is 17.9 Å². The van der Waals surface area contributed by atoms with Crippen LogP contribution in [0.5, 0.6) is 0 Å². The van der Waals surface area contributed by atoms with Crippen molar-refractivity contribution in [3.05, 3.63) is 0 Å². The Labute approximate surface area is 128 Å². The van der Waals surface area contributed by atoms with E-state index in [-0.39, 0.29) is 29.6 Å². The molecule has 5 nitrogen and oxygen atoms in total. The molecule has 0 aromatic rings. The largest absolute Gasteiger partial charge is 0.456 e. The smallest absolute Gasteiger partial charge is 0.321 e. The minimum Gasteiger partial charge on any atom is -0.456 e. The van der Waals surface area contributed by atoms with E-state index in [4.69, 9.17) is 30.5 Å². The highest BCUT2D eigenvalue weighted by Gasteiger charge is 2.55. The fraction of sp³-hybridized carbons (Fsp3) is 0.923. The van der Waals surface area contributed by atoms with E-state index in [0.29, 0.717) is 0 Å². The molecular formula is C13H21ClO5S. The molecule has 0 N–H and O–H groups in total. The van der Waals surface area contributed by atoms with Crippen molar-refractivity contribution in [3.63, 3.8) is 0 Å². The molecule has 116 valence electrons. The Kier molecular flexibility index (Phi) is 5.24. The molecule has 2 fully saturated rings. The molecule has 20 heavy (non-hydrogen) atoms. The van der Waals surface area contributed by atoms with Gasteiger partial charge in [0, 0.05) is 0 Å². The first kappa shape index (κ1) is 16.4. The summed E-state index contributed by atoms with van der Waals surface area (Å²) in [5.41, 5.74) is -0.118. The lowest BCUT2D eigenvalue weighted by Crippen LogP contribution is -2.55. The summed E-state index contributed by atoms with van der Waals surface area (Å²) >= 11 is 7.17. The first-order valence-electron chi connectivity index (χ1n) is 6.76. The Hall–Kier alpha value is -0.0100. The number of ether oxygens (including phenoxy) is 4. The van der Waals surface area contributed by atoms with Gasteiger partial charge in [-0.3, -0.25) is 4.79 Å². The van der Waals surface area contributed by atoms with Crippen molar-refractivity contribution in [1.29, 1.82) is 0 Å². The van der Waals surface area contributed by atoms with Crippen LogP contribution in [0.1, 0.15) is 27.7 Å². The normalized spacial score (nSPS) is 39.4. The number of fused-ring (bicyclic) bond motifs is 1. The van der Waals surface area contributed by atoms with Crippen LogP contribution in [0.25, 0.3) is 0 Å². The summed E-state index contributed by atoms with van der Waals surface area (Å²) in [5, 5.41) is 0. The molecule has 0 spiro atoms.